The fourth-order valence-electron chi connectivity index (χ4n) is 3.67. The van der Waals surface area contributed by atoms with E-state index < -0.39 is 0 Å². The second-order valence-corrected chi connectivity index (χ2v) is 7.35. The van der Waals surface area contributed by atoms with Crippen LogP contribution in [0, 0.1) is 11.3 Å². The quantitative estimate of drug-likeness (QED) is 0.827. The minimum Gasteiger partial charge on any atom is -0.375 e. The van der Waals surface area contributed by atoms with Crippen LogP contribution in [0.15, 0.2) is 0 Å². The largest absolute Gasteiger partial charge is 0.375 e. The van der Waals surface area contributed by atoms with Crippen LogP contribution >= 0.6 is 0 Å². The van der Waals surface area contributed by atoms with Crippen LogP contribution in [0.1, 0.15) is 65.7 Å². The SMILES string of the molecule is CC(C)(C)OCC1(C2CCCCC2)CCNCC1. The molecule has 0 bridgehead atoms. The van der Waals surface area contributed by atoms with Crippen molar-refractivity contribution in [2.75, 3.05) is 19.7 Å². The number of ether oxygens (including phenoxy) is 1. The van der Waals surface area contributed by atoms with Crippen LogP contribution in [-0.4, -0.2) is 25.3 Å². The van der Waals surface area contributed by atoms with E-state index in [1.54, 1.807) is 0 Å². The minimum atomic E-state index is 0.00649. The third-order valence-corrected chi connectivity index (χ3v) is 4.86. The highest BCUT2D eigenvalue weighted by Crippen LogP contribution is 2.45. The van der Waals surface area contributed by atoms with Crippen molar-refractivity contribution in [1.29, 1.82) is 0 Å². The van der Waals surface area contributed by atoms with Crippen molar-refractivity contribution in [3.8, 4) is 0 Å². The van der Waals surface area contributed by atoms with Crippen molar-refractivity contribution < 1.29 is 4.74 Å². The molecule has 2 heteroatoms. The summed E-state index contributed by atoms with van der Waals surface area (Å²) in [6, 6.07) is 0. The van der Waals surface area contributed by atoms with Crippen LogP contribution in [-0.2, 0) is 4.74 Å². The Balaban J connectivity index is 2.01. The Bertz CT molecular complexity index is 244. The maximum atomic E-state index is 6.20. The Morgan fingerprint density at radius 1 is 1.06 bits per heavy atom. The molecule has 0 spiro atoms. The molecule has 1 heterocycles. The zero-order valence-corrected chi connectivity index (χ0v) is 12.6. The average Bonchev–Trinajstić information content (AvgIpc) is 2.38. The van der Waals surface area contributed by atoms with Crippen LogP contribution in [0.2, 0.25) is 0 Å². The first-order valence-electron chi connectivity index (χ1n) is 7.87. The first-order chi connectivity index (χ1) is 8.52. The molecule has 2 nitrogen and oxygen atoms in total. The summed E-state index contributed by atoms with van der Waals surface area (Å²) in [5.41, 5.74) is 0.478. The van der Waals surface area contributed by atoms with Gasteiger partial charge in [-0.1, -0.05) is 19.3 Å². The van der Waals surface area contributed by atoms with Crippen molar-refractivity contribution in [3.05, 3.63) is 0 Å². The van der Waals surface area contributed by atoms with Crippen LogP contribution in [0.4, 0.5) is 0 Å². The molecule has 0 amide bonds. The molecule has 0 aromatic carbocycles. The molecule has 106 valence electrons. The smallest absolute Gasteiger partial charge is 0.0598 e. The number of rotatable bonds is 3. The molecular formula is C16H31NO. The highest BCUT2D eigenvalue weighted by Gasteiger charge is 2.41. The van der Waals surface area contributed by atoms with E-state index in [0.29, 0.717) is 5.41 Å². The van der Waals surface area contributed by atoms with Gasteiger partial charge >= 0.3 is 0 Å². The van der Waals surface area contributed by atoms with Crippen LogP contribution in [0.3, 0.4) is 0 Å². The van der Waals surface area contributed by atoms with Crippen molar-refractivity contribution in [1.82, 2.24) is 5.32 Å². The number of hydrogen-bond donors (Lipinski definition) is 1. The zero-order chi connectivity index (χ0) is 13.1. The number of piperidine rings is 1. The van der Waals surface area contributed by atoms with E-state index in [9.17, 15) is 0 Å². The zero-order valence-electron chi connectivity index (χ0n) is 12.6. The summed E-state index contributed by atoms with van der Waals surface area (Å²) in [5.74, 6) is 0.913. The van der Waals surface area contributed by atoms with Crippen molar-refractivity contribution in [3.63, 3.8) is 0 Å². The highest BCUT2D eigenvalue weighted by molar-refractivity contribution is 4.92. The van der Waals surface area contributed by atoms with E-state index >= 15 is 0 Å². The predicted octanol–water partition coefficient (Wildman–Crippen LogP) is 3.75. The monoisotopic (exact) mass is 253 g/mol. The second kappa shape index (κ2) is 5.92. The first kappa shape index (κ1) is 14.3. The Kier molecular flexibility index (Phi) is 4.71. The van der Waals surface area contributed by atoms with E-state index in [1.165, 1.54) is 58.0 Å². The normalized spacial score (nSPS) is 26.2. The Morgan fingerprint density at radius 2 is 1.67 bits per heavy atom. The average molecular weight is 253 g/mol. The summed E-state index contributed by atoms with van der Waals surface area (Å²) in [4.78, 5) is 0. The lowest BCUT2D eigenvalue weighted by Gasteiger charge is -2.46. The molecule has 18 heavy (non-hydrogen) atoms. The van der Waals surface area contributed by atoms with Gasteiger partial charge in [0, 0.05) is 0 Å². The van der Waals surface area contributed by atoms with Gasteiger partial charge in [0.05, 0.1) is 12.2 Å². The predicted molar refractivity (Wildman–Crippen MR) is 76.8 cm³/mol. The van der Waals surface area contributed by atoms with Gasteiger partial charge in [-0.05, 0) is 70.9 Å². The molecule has 1 N–H and O–H groups in total. The Morgan fingerprint density at radius 3 is 2.22 bits per heavy atom. The van der Waals surface area contributed by atoms with Crippen LogP contribution in [0.5, 0.6) is 0 Å². The molecule has 0 aromatic rings. The summed E-state index contributed by atoms with van der Waals surface area (Å²) in [6.07, 6.45) is 9.83. The summed E-state index contributed by atoms with van der Waals surface area (Å²) in [5, 5.41) is 3.52. The maximum absolute atomic E-state index is 6.20. The molecule has 0 atom stereocenters. The fraction of sp³-hybridized carbons (Fsp3) is 1.00. The van der Waals surface area contributed by atoms with Gasteiger partial charge in [0.15, 0.2) is 0 Å². The molecule has 1 saturated heterocycles. The van der Waals surface area contributed by atoms with Gasteiger partial charge in [0.25, 0.3) is 0 Å². The third-order valence-electron chi connectivity index (χ3n) is 4.86. The summed E-state index contributed by atoms with van der Waals surface area (Å²) in [6.45, 7) is 9.89. The van der Waals surface area contributed by atoms with Crippen molar-refractivity contribution in [2.45, 2.75) is 71.3 Å². The maximum Gasteiger partial charge on any atom is 0.0598 e. The fourth-order valence-corrected chi connectivity index (χ4v) is 3.67. The molecule has 0 aromatic heterocycles. The molecule has 1 aliphatic carbocycles. The molecule has 2 aliphatic rings. The van der Waals surface area contributed by atoms with Gasteiger partial charge in [-0.15, -0.1) is 0 Å². The van der Waals surface area contributed by atoms with Crippen molar-refractivity contribution in [2.24, 2.45) is 11.3 Å². The van der Waals surface area contributed by atoms with Gasteiger partial charge in [-0.25, -0.2) is 0 Å². The van der Waals surface area contributed by atoms with E-state index in [1.807, 2.05) is 0 Å². The second-order valence-electron chi connectivity index (χ2n) is 7.35. The van der Waals surface area contributed by atoms with Crippen LogP contribution < -0.4 is 5.32 Å². The lowest BCUT2D eigenvalue weighted by atomic mass is 9.64. The summed E-state index contributed by atoms with van der Waals surface area (Å²) >= 11 is 0. The van der Waals surface area contributed by atoms with E-state index in [2.05, 4.69) is 26.1 Å². The number of hydrogen-bond acceptors (Lipinski definition) is 2. The van der Waals surface area contributed by atoms with Gasteiger partial charge in [-0.3, -0.25) is 0 Å². The molecule has 2 rings (SSSR count). The molecule has 1 aliphatic heterocycles. The van der Waals surface area contributed by atoms with E-state index in [-0.39, 0.29) is 5.60 Å². The minimum absolute atomic E-state index is 0.00649. The molecule has 0 radical (unpaired) electrons. The lowest BCUT2D eigenvalue weighted by Crippen LogP contribution is -2.46. The van der Waals surface area contributed by atoms with E-state index in [0.717, 1.165) is 12.5 Å². The van der Waals surface area contributed by atoms with Gasteiger partial charge in [-0.2, -0.15) is 0 Å². The molecule has 1 saturated carbocycles. The Labute approximate surface area is 113 Å². The van der Waals surface area contributed by atoms with Gasteiger partial charge in [0.2, 0.25) is 0 Å². The standard InChI is InChI=1S/C16H31NO/c1-15(2,3)18-13-16(9-11-17-12-10-16)14-7-5-4-6-8-14/h14,17H,4-13H2,1-3H3. The van der Waals surface area contributed by atoms with E-state index in [4.69, 9.17) is 4.74 Å². The topological polar surface area (TPSA) is 21.3 Å². The highest BCUT2D eigenvalue weighted by atomic mass is 16.5. The van der Waals surface area contributed by atoms with Crippen molar-refractivity contribution >= 4 is 0 Å². The van der Waals surface area contributed by atoms with Gasteiger partial charge in [0.1, 0.15) is 0 Å². The third kappa shape index (κ3) is 3.71. The lowest BCUT2D eigenvalue weighted by molar-refractivity contribution is -0.0878. The Hall–Kier alpha value is -0.0800. The summed E-state index contributed by atoms with van der Waals surface area (Å²) < 4.78 is 6.20. The molecule has 0 unspecified atom stereocenters. The molecule has 2 fully saturated rings. The molecular weight excluding hydrogens is 222 g/mol. The number of nitrogens with one attached hydrogen (secondary N) is 1. The summed E-state index contributed by atoms with van der Waals surface area (Å²) in [7, 11) is 0. The van der Waals surface area contributed by atoms with Gasteiger partial charge < -0.3 is 10.1 Å². The first-order valence-corrected chi connectivity index (χ1v) is 7.87. The van der Waals surface area contributed by atoms with Crippen LogP contribution in [0.25, 0.3) is 0 Å².